The van der Waals surface area contributed by atoms with Crippen molar-refractivity contribution in [1.82, 2.24) is 19.7 Å². The van der Waals surface area contributed by atoms with E-state index in [-0.39, 0.29) is 11.9 Å². The van der Waals surface area contributed by atoms with E-state index in [0.29, 0.717) is 24.2 Å². The molecule has 0 fully saturated rings. The molecule has 0 bridgehead atoms. The first-order valence-corrected chi connectivity index (χ1v) is 9.86. The topological polar surface area (TPSA) is 99.7 Å². The van der Waals surface area contributed by atoms with Gasteiger partial charge in [-0.2, -0.15) is 10.4 Å². The van der Waals surface area contributed by atoms with E-state index in [9.17, 15) is 4.79 Å². The van der Waals surface area contributed by atoms with Crippen LogP contribution in [0, 0.1) is 18.3 Å². The number of benzene rings is 1. The molecular weight excluding hydrogens is 378 g/mol. The SMILES string of the molecule is Cc1nc(CCc2cnn(Cc3ccc(C#N)cc3)c2)nc2c1NC(=O)[C@H](C)N2C. The Morgan fingerprint density at radius 3 is 2.67 bits per heavy atom. The normalized spacial score (nSPS) is 15.5. The van der Waals surface area contributed by atoms with Crippen molar-refractivity contribution in [3.05, 3.63) is 64.9 Å². The van der Waals surface area contributed by atoms with Gasteiger partial charge in [0, 0.05) is 19.7 Å². The zero-order valence-electron chi connectivity index (χ0n) is 17.3. The highest BCUT2D eigenvalue weighted by Crippen LogP contribution is 2.31. The molecule has 3 heterocycles. The predicted molar refractivity (Wildman–Crippen MR) is 113 cm³/mol. The van der Waals surface area contributed by atoms with E-state index in [2.05, 4.69) is 21.5 Å². The Labute approximate surface area is 175 Å². The van der Waals surface area contributed by atoms with E-state index in [0.717, 1.165) is 34.9 Å². The molecule has 1 aromatic carbocycles. The maximum Gasteiger partial charge on any atom is 0.246 e. The molecule has 1 N–H and O–H groups in total. The fourth-order valence-electron chi connectivity index (χ4n) is 3.46. The Morgan fingerprint density at radius 2 is 1.93 bits per heavy atom. The molecule has 2 aromatic heterocycles. The van der Waals surface area contributed by atoms with Gasteiger partial charge >= 0.3 is 0 Å². The number of aryl methyl sites for hydroxylation is 3. The molecule has 0 spiro atoms. The third-order valence-electron chi connectivity index (χ3n) is 5.41. The van der Waals surface area contributed by atoms with Gasteiger partial charge in [0.25, 0.3) is 0 Å². The lowest BCUT2D eigenvalue weighted by Gasteiger charge is -2.32. The second-order valence-corrected chi connectivity index (χ2v) is 7.55. The van der Waals surface area contributed by atoms with E-state index < -0.39 is 0 Å². The number of nitriles is 1. The smallest absolute Gasteiger partial charge is 0.246 e. The minimum atomic E-state index is -0.264. The second-order valence-electron chi connectivity index (χ2n) is 7.55. The largest absolute Gasteiger partial charge is 0.346 e. The second kappa shape index (κ2) is 7.95. The molecule has 3 aromatic rings. The molecule has 0 saturated carbocycles. The van der Waals surface area contributed by atoms with Crippen LogP contribution in [0.5, 0.6) is 0 Å². The minimum Gasteiger partial charge on any atom is -0.346 e. The third kappa shape index (κ3) is 3.87. The van der Waals surface area contributed by atoms with Crippen molar-refractivity contribution in [2.45, 2.75) is 39.3 Å². The van der Waals surface area contributed by atoms with Crippen molar-refractivity contribution in [3.8, 4) is 6.07 Å². The van der Waals surface area contributed by atoms with E-state index >= 15 is 0 Å². The number of carbonyl (C=O) groups is 1. The number of anilines is 2. The number of likely N-dealkylation sites (N-methyl/N-ethyl adjacent to an activating group) is 1. The molecule has 0 radical (unpaired) electrons. The Morgan fingerprint density at radius 1 is 1.17 bits per heavy atom. The Bertz CT molecular complexity index is 1130. The summed E-state index contributed by atoms with van der Waals surface area (Å²) >= 11 is 0. The Hall–Kier alpha value is -3.73. The van der Waals surface area contributed by atoms with Crippen molar-refractivity contribution in [1.29, 1.82) is 5.26 Å². The molecule has 0 saturated heterocycles. The molecule has 1 aliphatic heterocycles. The van der Waals surface area contributed by atoms with Crippen LogP contribution in [0.4, 0.5) is 11.5 Å². The molecule has 8 nitrogen and oxygen atoms in total. The number of aromatic nitrogens is 4. The van der Waals surface area contributed by atoms with Crippen LogP contribution in [0.3, 0.4) is 0 Å². The van der Waals surface area contributed by atoms with E-state index in [1.807, 2.05) is 67.1 Å². The van der Waals surface area contributed by atoms with Gasteiger partial charge in [-0.05, 0) is 43.5 Å². The van der Waals surface area contributed by atoms with Gasteiger partial charge in [0.1, 0.15) is 17.6 Å². The Balaban J connectivity index is 1.44. The summed E-state index contributed by atoms with van der Waals surface area (Å²) in [4.78, 5) is 23.2. The average Bonchev–Trinajstić information content (AvgIpc) is 3.19. The van der Waals surface area contributed by atoms with Crippen LogP contribution >= 0.6 is 0 Å². The number of hydrogen-bond donors (Lipinski definition) is 1. The molecule has 1 atom stereocenters. The van der Waals surface area contributed by atoms with Gasteiger partial charge < -0.3 is 10.2 Å². The average molecular weight is 401 g/mol. The number of nitrogens with one attached hydrogen (secondary N) is 1. The quantitative estimate of drug-likeness (QED) is 0.705. The standard InChI is InChI=1S/C22H23N7O/c1-14-20-21(28(3)15(2)22(30)27-20)26-19(25-14)9-8-18-11-24-29(13-18)12-17-6-4-16(10-23)5-7-17/h4-7,11,13,15H,8-9,12H2,1-3H3,(H,27,30)/t15-/m0/s1. The maximum atomic E-state index is 12.0. The number of rotatable bonds is 5. The van der Waals surface area contributed by atoms with Crippen LogP contribution in [0.2, 0.25) is 0 Å². The van der Waals surface area contributed by atoms with Crippen LogP contribution in [-0.2, 0) is 24.2 Å². The van der Waals surface area contributed by atoms with Gasteiger partial charge in [-0.15, -0.1) is 0 Å². The first-order valence-electron chi connectivity index (χ1n) is 9.86. The molecule has 152 valence electrons. The lowest BCUT2D eigenvalue weighted by atomic mass is 10.1. The molecule has 0 unspecified atom stereocenters. The van der Waals surface area contributed by atoms with E-state index in [1.165, 1.54) is 0 Å². The van der Waals surface area contributed by atoms with Crippen LogP contribution in [0.1, 0.15) is 35.1 Å². The van der Waals surface area contributed by atoms with Gasteiger partial charge in [0.15, 0.2) is 5.82 Å². The number of amides is 1. The molecule has 1 amide bonds. The number of carbonyl (C=O) groups excluding carboxylic acids is 1. The maximum absolute atomic E-state index is 12.0. The fourth-order valence-corrected chi connectivity index (χ4v) is 3.46. The monoisotopic (exact) mass is 401 g/mol. The lowest BCUT2D eigenvalue weighted by Crippen LogP contribution is -2.45. The lowest BCUT2D eigenvalue weighted by molar-refractivity contribution is -0.117. The van der Waals surface area contributed by atoms with Gasteiger partial charge in [-0.25, -0.2) is 9.97 Å². The van der Waals surface area contributed by atoms with Crippen LogP contribution in [0.25, 0.3) is 0 Å². The van der Waals surface area contributed by atoms with E-state index in [4.69, 9.17) is 10.2 Å². The summed E-state index contributed by atoms with van der Waals surface area (Å²) in [7, 11) is 1.88. The summed E-state index contributed by atoms with van der Waals surface area (Å²) in [6.45, 7) is 4.41. The van der Waals surface area contributed by atoms with E-state index in [1.54, 1.807) is 0 Å². The van der Waals surface area contributed by atoms with Gasteiger partial charge in [0.05, 0.1) is 30.1 Å². The van der Waals surface area contributed by atoms with Gasteiger partial charge in [0.2, 0.25) is 5.91 Å². The van der Waals surface area contributed by atoms with Crippen molar-refractivity contribution in [2.75, 3.05) is 17.3 Å². The zero-order chi connectivity index (χ0) is 21.3. The van der Waals surface area contributed by atoms with Crippen LogP contribution in [-0.4, -0.2) is 38.7 Å². The summed E-state index contributed by atoms with van der Waals surface area (Å²) in [5, 5.41) is 16.2. The van der Waals surface area contributed by atoms with Crippen LogP contribution in [0.15, 0.2) is 36.7 Å². The molecule has 0 aliphatic carbocycles. The van der Waals surface area contributed by atoms with Gasteiger partial charge in [-0.3, -0.25) is 9.48 Å². The summed E-state index contributed by atoms with van der Waals surface area (Å²) in [6.07, 6.45) is 5.35. The molecule has 4 rings (SSSR count). The van der Waals surface area contributed by atoms with Crippen molar-refractivity contribution in [2.24, 2.45) is 0 Å². The van der Waals surface area contributed by atoms with Crippen LogP contribution < -0.4 is 10.2 Å². The Kier molecular flexibility index (Phi) is 5.19. The number of fused-ring (bicyclic) bond motifs is 1. The molecule has 8 heteroatoms. The van der Waals surface area contributed by atoms with Crippen molar-refractivity contribution in [3.63, 3.8) is 0 Å². The highest BCUT2D eigenvalue weighted by Gasteiger charge is 2.30. The summed E-state index contributed by atoms with van der Waals surface area (Å²) in [5.74, 6) is 1.47. The fraction of sp³-hybridized carbons (Fsp3) is 0.318. The highest BCUT2D eigenvalue weighted by atomic mass is 16.2. The molecular formula is C22H23N7O. The third-order valence-corrected chi connectivity index (χ3v) is 5.41. The predicted octanol–water partition coefficient (Wildman–Crippen LogP) is 2.46. The zero-order valence-corrected chi connectivity index (χ0v) is 17.3. The molecule has 30 heavy (non-hydrogen) atoms. The highest BCUT2D eigenvalue weighted by molar-refractivity contribution is 6.02. The molecule has 1 aliphatic rings. The first-order chi connectivity index (χ1) is 14.4. The number of nitrogens with zero attached hydrogens (tertiary/aromatic N) is 6. The van der Waals surface area contributed by atoms with Crippen molar-refractivity contribution < 1.29 is 4.79 Å². The first kappa shape index (κ1) is 19.6. The summed E-state index contributed by atoms with van der Waals surface area (Å²) < 4.78 is 1.89. The minimum absolute atomic E-state index is 0.0425. The number of hydrogen-bond acceptors (Lipinski definition) is 6. The summed E-state index contributed by atoms with van der Waals surface area (Å²) in [6, 6.07) is 9.38. The van der Waals surface area contributed by atoms with Gasteiger partial charge in [-0.1, -0.05) is 12.1 Å². The summed E-state index contributed by atoms with van der Waals surface area (Å²) in [5.41, 5.74) is 4.33. The van der Waals surface area contributed by atoms with Crippen molar-refractivity contribution >= 4 is 17.4 Å².